The smallest absolute Gasteiger partial charge is 0.332 e. The molecule has 2 atom stereocenters. The molecule has 1 rings (SSSR count). The summed E-state index contributed by atoms with van der Waals surface area (Å²) in [5.74, 6) is -1.33. The van der Waals surface area contributed by atoms with Crippen LogP contribution >= 0.6 is 0 Å². The molecule has 5 N–H and O–H groups in total. The molecule has 166 valence electrons. The van der Waals surface area contributed by atoms with Gasteiger partial charge in [-0.25, -0.2) is 4.79 Å². The van der Waals surface area contributed by atoms with Crippen LogP contribution in [0.15, 0.2) is 0 Å². The molecule has 0 radical (unpaired) electrons. The average molecular weight is 414 g/mol. The highest BCUT2D eigenvalue weighted by atomic mass is 16.5. The van der Waals surface area contributed by atoms with Crippen molar-refractivity contribution in [3.05, 3.63) is 0 Å². The number of carbonyl (C=O) groups excluding carboxylic acids is 4. The predicted octanol–water partition coefficient (Wildman–Crippen LogP) is -1.27. The number of rotatable bonds is 10. The van der Waals surface area contributed by atoms with Gasteiger partial charge >= 0.3 is 5.97 Å². The minimum Gasteiger partial charge on any atom is -0.464 e. The molecule has 1 aliphatic heterocycles. The molecule has 0 aliphatic carbocycles. The van der Waals surface area contributed by atoms with Gasteiger partial charge in [-0.2, -0.15) is 0 Å². The first kappa shape index (κ1) is 24.8. The summed E-state index contributed by atoms with van der Waals surface area (Å²) in [5.41, 5.74) is 5.58. The minimum absolute atomic E-state index is 0.0557. The number of nitrogens with two attached hydrogens (primary N) is 1. The monoisotopic (exact) mass is 413 g/mol. The quantitative estimate of drug-likeness (QED) is 0.258. The normalized spacial score (nSPS) is 16.8. The number of likely N-dealkylation sites (N-methyl/N-ethyl adjacent to an activating group) is 1. The molecule has 0 saturated carbocycles. The Kier molecular flexibility index (Phi) is 10.6. The highest BCUT2D eigenvalue weighted by molar-refractivity contribution is 6.01. The van der Waals surface area contributed by atoms with Crippen LogP contribution in [0, 0.1) is 5.92 Å². The summed E-state index contributed by atoms with van der Waals surface area (Å²) < 4.78 is 4.74. The van der Waals surface area contributed by atoms with Crippen LogP contribution in [0.3, 0.4) is 0 Å². The van der Waals surface area contributed by atoms with Gasteiger partial charge in [-0.1, -0.05) is 13.8 Å². The Labute approximate surface area is 172 Å². The third-order valence-corrected chi connectivity index (χ3v) is 4.80. The number of ether oxygens (including phenoxy) is 1. The number of likely N-dealkylation sites (tertiary alicyclic amines) is 1. The van der Waals surface area contributed by atoms with E-state index >= 15 is 0 Å². The van der Waals surface area contributed by atoms with Gasteiger partial charge < -0.3 is 31.3 Å². The number of piperidine rings is 1. The van der Waals surface area contributed by atoms with Crippen molar-refractivity contribution in [3.63, 3.8) is 0 Å². The van der Waals surface area contributed by atoms with E-state index in [4.69, 9.17) is 10.5 Å². The van der Waals surface area contributed by atoms with Crippen LogP contribution in [0.5, 0.6) is 0 Å². The highest BCUT2D eigenvalue weighted by Gasteiger charge is 2.29. The summed E-state index contributed by atoms with van der Waals surface area (Å²) in [7, 11) is 1.72. The standard InChI is InChI=1S/C19H35N5O5/c1-5-29-19(28)16(20)18(27)23-13-6-8-24(9-7-13)15(25)11-22-17(26)14(21-4)10-12(2)3/h12-14,16,21H,5-11,20H2,1-4H3,(H,22,26)(H,23,27). The Morgan fingerprint density at radius 1 is 1.14 bits per heavy atom. The third-order valence-electron chi connectivity index (χ3n) is 4.80. The molecule has 2 unspecified atom stereocenters. The molecule has 1 saturated heterocycles. The van der Waals surface area contributed by atoms with Crippen molar-refractivity contribution < 1.29 is 23.9 Å². The number of amides is 3. The van der Waals surface area contributed by atoms with Crippen LogP contribution in [0.1, 0.15) is 40.0 Å². The number of nitrogens with zero attached hydrogens (tertiary/aromatic N) is 1. The number of nitrogens with one attached hydrogen (secondary N) is 3. The van der Waals surface area contributed by atoms with Gasteiger partial charge in [-0.05, 0) is 39.2 Å². The Balaban J connectivity index is 2.38. The molecule has 0 aromatic rings. The van der Waals surface area contributed by atoms with E-state index in [0.717, 1.165) is 0 Å². The van der Waals surface area contributed by atoms with Crippen molar-refractivity contribution in [1.82, 2.24) is 20.9 Å². The first-order chi connectivity index (χ1) is 13.7. The van der Waals surface area contributed by atoms with Gasteiger partial charge in [0.25, 0.3) is 0 Å². The van der Waals surface area contributed by atoms with Gasteiger partial charge in [0.1, 0.15) is 0 Å². The third kappa shape index (κ3) is 8.36. The second-order valence-corrected chi connectivity index (χ2v) is 7.58. The zero-order chi connectivity index (χ0) is 22.0. The van der Waals surface area contributed by atoms with Crippen LogP contribution in [0.25, 0.3) is 0 Å². The topological polar surface area (TPSA) is 143 Å². The summed E-state index contributed by atoms with van der Waals surface area (Å²) in [6.07, 6.45) is 1.79. The highest BCUT2D eigenvalue weighted by Crippen LogP contribution is 2.11. The maximum atomic E-state index is 12.4. The minimum atomic E-state index is -1.35. The van der Waals surface area contributed by atoms with Gasteiger partial charge in [0.2, 0.25) is 17.7 Å². The Morgan fingerprint density at radius 2 is 1.76 bits per heavy atom. The lowest BCUT2D eigenvalue weighted by atomic mass is 10.0. The fraction of sp³-hybridized carbons (Fsp3) is 0.789. The summed E-state index contributed by atoms with van der Waals surface area (Å²) >= 11 is 0. The molecule has 10 nitrogen and oxygen atoms in total. The molecule has 0 bridgehead atoms. The van der Waals surface area contributed by atoms with E-state index in [-0.39, 0.29) is 37.0 Å². The molecule has 1 fully saturated rings. The van der Waals surface area contributed by atoms with E-state index < -0.39 is 17.9 Å². The molecule has 1 aliphatic rings. The molecule has 29 heavy (non-hydrogen) atoms. The first-order valence-electron chi connectivity index (χ1n) is 10.1. The van der Waals surface area contributed by atoms with Crippen LogP contribution in [-0.2, 0) is 23.9 Å². The van der Waals surface area contributed by atoms with Gasteiger partial charge in [0, 0.05) is 19.1 Å². The number of esters is 1. The maximum Gasteiger partial charge on any atom is 0.332 e. The number of hydrogen-bond donors (Lipinski definition) is 4. The second kappa shape index (κ2) is 12.4. The Bertz CT molecular complexity index is 575. The summed E-state index contributed by atoms with van der Waals surface area (Å²) in [6, 6.07) is -1.84. The maximum absolute atomic E-state index is 12.4. The molecule has 0 spiro atoms. The predicted molar refractivity (Wildman–Crippen MR) is 108 cm³/mol. The zero-order valence-corrected chi connectivity index (χ0v) is 17.8. The first-order valence-corrected chi connectivity index (χ1v) is 10.1. The van der Waals surface area contributed by atoms with E-state index in [1.807, 2.05) is 13.8 Å². The Hall–Kier alpha value is -2.20. The van der Waals surface area contributed by atoms with Crippen LogP contribution in [0.4, 0.5) is 0 Å². The lowest BCUT2D eigenvalue weighted by Crippen LogP contribution is -2.54. The van der Waals surface area contributed by atoms with Crippen molar-refractivity contribution in [2.75, 3.05) is 33.3 Å². The second-order valence-electron chi connectivity index (χ2n) is 7.58. The van der Waals surface area contributed by atoms with E-state index in [1.165, 1.54) is 0 Å². The largest absolute Gasteiger partial charge is 0.464 e. The van der Waals surface area contributed by atoms with E-state index in [0.29, 0.717) is 38.3 Å². The van der Waals surface area contributed by atoms with Gasteiger partial charge in [-0.15, -0.1) is 0 Å². The van der Waals surface area contributed by atoms with Gasteiger partial charge in [0.15, 0.2) is 6.04 Å². The van der Waals surface area contributed by atoms with Crippen molar-refractivity contribution in [2.45, 2.75) is 58.2 Å². The zero-order valence-electron chi connectivity index (χ0n) is 17.8. The van der Waals surface area contributed by atoms with Crippen molar-refractivity contribution in [3.8, 4) is 0 Å². The summed E-state index contributed by atoms with van der Waals surface area (Å²) in [5, 5.41) is 8.38. The van der Waals surface area contributed by atoms with Gasteiger partial charge in [-0.3, -0.25) is 14.4 Å². The lowest BCUT2D eigenvalue weighted by Gasteiger charge is -2.33. The number of hydrogen-bond acceptors (Lipinski definition) is 7. The van der Waals surface area contributed by atoms with E-state index in [1.54, 1.807) is 18.9 Å². The molecule has 10 heteroatoms. The van der Waals surface area contributed by atoms with E-state index in [9.17, 15) is 19.2 Å². The van der Waals surface area contributed by atoms with Crippen molar-refractivity contribution in [1.29, 1.82) is 0 Å². The van der Waals surface area contributed by atoms with Crippen LogP contribution < -0.4 is 21.7 Å². The van der Waals surface area contributed by atoms with Crippen LogP contribution in [0.2, 0.25) is 0 Å². The molecular weight excluding hydrogens is 378 g/mol. The molecule has 3 amide bonds. The average Bonchev–Trinajstić information content (AvgIpc) is 2.69. The fourth-order valence-electron chi connectivity index (χ4n) is 3.13. The Morgan fingerprint density at radius 3 is 2.28 bits per heavy atom. The van der Waals surface area contributed by atoms with Crippen molar-refractivity contribution >= 4 is 23.7 Å². The molecule has 0 aromatic heterocycles. The fourth-order valence-corrected chi connectivity index (χ4v) is 3.13. The van der Waals surface area contributed by atoms with Crippen molar-refractivity contribution in [2.24, 2.45) is 11.7 Å². The van der Waals surface area contributed by atoms with E-state index in [2.05, 4.69) is 16.0 Å². The molecule has 0 aromatic carbocycles. The van der Waals surface area contributed by atoms with Gasteiger partial charge in [0.05, 0.1) is 19.2 Å². The number of carbonyl (C=O) groups is 4. The lowest BCUT2D eigenvalue weighted by molar-refractivity contribution is -0.148. The molecule has 1 heterocycles. The van der Waals surface area contributed by atoms with Crippen LogP contribution in [-0.4, -0.2) is 80.0 Å². The summed E-state index contributed by atoms with van der Waals surface area (Å²) in [4.78, 5) is 49.7. The SMILES string of the molecule is CCOC(=O)C(N)C(=O)NC1CCN(C(=O)CNC(=O)C(CC(C)C)NC)CC1. The summed E-state index contributed by atoms with van der Waals surface area (Å²) in [6.45, 7) is 6.71. The molecular formula is C19H35N5O5.